The molecule has 1 atom stereocenters. The fourth-order valence-electron chi connectivity index (χ4n) is 1.69. The van der Waals surface area contributed by atoms with Crippen molar-refractivity contribution in [1.29, 1.82) is 0 Å². The van der Waals surface area contributed by atoms with Crippen LogP contribution < -0.4 is 4.90 Å². The molecular weight excluding hydrogens is 222 g/mol. The first-order valence-electron chi connectivity index (χ1n) is 4.65. The molecule has 0 aromatic carbocycles. The van der Waals surface area contributed by atoms with Crippen LogP contribution in [0.4, 0.5) is 5.82 Å². The first-order chi connectivity index (χ1) is 6.83. The van der Waals surface area contributed by atoms with E-state index in [4.69, 9.17) is 16.3 Å². The molecule has 0 radical (unpaired) electrons. The van der Waals surface area contributed by atoms with Gasteiger partial charge >= 0.3 is 0 Å². The van der Waals surface area contributed by atoms with E-state index in [9.17, 15) is 0 Å². The zero-order chi connectivity index (χ0) is 9.97. The Morgan fingerprint density at radius 3 is 3.00 bits per heavy atom. The fraction of sp³-hybridized carbons (Fsp3) is 0.750. The van der Waals surface area contributed by atoms with Crippen molar-refractivity contribution in [3.8, 4) is 0 Å². The summed E-state index contributed by atoms with van der Waals surface area (Å²) in [5.41, 5.74) is 0. The molecule has 4 nitrogen and oxygen atoms in total. The summed E-state index contributed by atoms with van der Waals surface area (Å²) in [6.45, 7) is 4.57. The molecule has 0 bridgehead atoms. The molecule has 1 aliphatic heterocycles. The van der Waals surface area contributed by atoms with E-state index in [-0.39, 0.29) is 0 Å². The van der Waals surface area contributed by atoms with Gasteiger partial charge in [0, 0.05) is 13.2 Å². The molecule has 0 saturated carbocycles. The summed E-state index contributed by atoms with van der Waals surface area (Å²) < 4.78 is 13.5. The summed E-state index contributed by atoms with van der Waals surface area (Å²) >= 11 is 7.10. The van der Waals surface area contributed by atoms with Gasteiger partial charge in [0.25, 0.3) is 0 Å². The van der Waals surface area contributed by atoms with Crippen molar-refractivity contribution in [3.63, 3.8) is 0 Å². The molecule has 1 fully saturated rings. The van der Waals surface area contributed by atoms with Crippen LogP contribution in [0.1, 0.15) is 13.3 Å². The Labute approximate surface area is 92.2 Å². The summed E-state index contributed by atoms with van der Waals surface area (Å²) in [7, 11) is 0. The van der Waals surface area contributed by atoms with Crippen LogP contribution >= 0.6 is 23.3 Å². The Morgan fingerprint density at radius 1 is 1.64 bits per heavy atom. The lowest BCUT2D eigenvalue weighted by atomic mass is 10.2. The van der Waals surface area contributed by atoms with Gasteiger partial charge in [0.1, 0.15) is 0 Å². The molecule has 14 heavy (non-hydrogen) atoms. The second kappa shape index (κ2) is 4.42. The molecular formula is C8H12ClN3OS. The van der Waals surface area contributed by atoms with Gasteiger partial charge in [0.05, 0.1) is 24.4 Å². The van der Waals surface area contributed by atoms with E-state index in [1.807, 2.05) is 0 Å². The summed E-state index contributed by atoms with van der Waals surface area (Å²) in [6, 6.07) is 0.404. The number of ether oxygens (including phenoxy) is 1. The Morgan fingerprint density at radius 2 is 2.50 bits per heavy atom. The predicted molar refractivity (Wildman–Crippen MR) is 57.2 cm³/mol. The highest BCUT2D eigenvalue weighted by molar-refractivity contribution is 6.99. The van der Waals surface area contributed by atoms with Crippen molar-refractivity contribution in [2.24, 2.45) is 0 Å². The minimum absolute atomic E-state index is 0.404. The van der Waals surface area contributed by atoms with Gasteiger partial charge < -0.3 is 9.64 Å². The van der Waals surface area contributed by atoms with Gasteiger partial charge in [-0.2, -0.15) is 8.75 Å². The monoisotopic (exact) mass is 233 g/mol. The number of rotatable bonds is 3. The Bertz CT molecular complexity index is 301. The summed E-state index contributed by atoms with van der Waals surface area (Å²) in [5, 5.41) is 0.503. The van der Waals surface area contributed by atoms with Gasteiger partial charge in [-0.05, 0) is 13.3 Å². The SMILES string of the molecule is CCN(c1nsnc1Cl)C1CCOC1. The lowest BCUT2D eigenvalue weighted by Gasteiger charge is -2.26. The van der Waals surface area contributed by atoms with E-state index in [0.29, 0.717) is 11.2 Å². The van der Waals surface area contributed by atoms with Gasteiger partial charge in [-0.3, -0.25) is 0 Å². The molecule has 2 heterocycles. The van der Waals surface area contributed by atoms with Gasteiger partial charge in [-0.1, -0.05) is 11.6 Å². The zero-order valence-electron chi connectivity index (χ0n) is 7.94. The Balaban J connectivity index is 2.16. The molecule has 0 N–H and O–H groups in total. The average Bonchev–Trinajstić information content (AvgIpc) is 2.80. The smallest absolute Gasteiger partial charge is 0.187 e. The number of likely N-dealkylation sites (N-methyl/N-ethyl adjacent to an activating group) is 1. The summed E-state index contributed by atoms with van der Waals surface area (Å²) in [6.07, 6.45) is 1.04. The van der Waals surface area contributed by atoms with Gasteiger partial charge in [-0.15, -0.1) is 0 Å². The van der Waals surface area contributed by atoms with E-state index in [0.717, 1.165) is 43.7 Å². The maximum absolute atomic E-state index is 5.95. The number of hydrogen-bond acceptors (Lipinski definition) is 5. The Kier molecular flexibility index (Phi) is 3.20. The third-order valence-electron chi connectivity index (χ3n) is 2.39. The number of anilines is 1. The molecule has 1 unspecified atom stereocenters. The van der Waals surface area contributed by atoms with Crippen molar-refractivity contribution in [1.82, 2.24) is 8.75 Å². The third-order valence-corrected chi connectivity index (χ3v) is 3.26. The average molecular weight is 234 g/mol. The molecule has 0 aliphatic carbocycles. The number of hydrogen-bond donors (Lipinski definition) is 0. The maximum atomic E-state index is 5.95. The van der Waals surface area contributed by atoms with Gasteiger partial charge in [-0.25, -0.2) is 0 Å². The van der Waals surface area contributed by atoms with Crippen LogP contribution in [0.2, 0.25) is 5.15 Å². The third kappa shape index (κ3) is 1.85. The van der Waals surface area contributed by atoms with E-state index >= 15 is 0 Å². The molecule has 1 aromatic rings. The van der Waals surface area contributed by atoms with Crippen molar-refractivity contribution in [3.05, 3.63) is 5.15 Å². The van der Waals surface area contributed by atoms with Crippen molar-refractivity contribution in [2.45, 2.75) is 19.4 Å². The minimum atomic E-state index is 0.404. The van der Waals surface area contributed by atoms with Crippen LogP contribution in [0, 0.1) is 0 Å². The van der Waals surface area contributed by atoms with E-state index in [2.05, 4.69) is 20.6 Å². The van der Waals surface area contributed by atoms with Crippen LogP contribution in [-0.2, 0) is 4.74 Å². The van der Waals surface area contributed by atoms with Crippen LogP contribution in [0.3, 0.4) is 0 Å². The summed E-state index contributed by atoms with van der Waals surface area (Å²) in [5.74, 6) is 0.801. The molecule has 6 heteroatoms. The summed E-state index contributed by atoms with van der Waals surface area (Å²) in [4.78, 5) is 2.17. The molecule has 1 aliphatic rings. The molecule has 1 aromatic heterocycles. The van der Waals surface area contributed by atoms with Gasteiger partial charge in [0.2, 0.25) is 0 Å². The number of aromatic nitrogens is 2. The highest BCUT2D eigenvalue weighted by Gasteiger charge is 2.25. The standard InChI is InChI=1S/C8H12ClN3OS/c1-2-12(6-3-4-13-5-6)8-7(9)10-14-11-8/h6H,2-5H2,1H3. The second-order valence-corrected chi connectivity index (χ2v) is 4.07. The second-order valence-electron chi connectivity index (χ2n) is 3.18. The maximum Gasteiger partial charge on any atom is 0.187 e. The first-order valence-corrected chi connectivity index (χ1v) is 5.76. The normalized spacial score (nSPS) is 21.4. The number of halogens is 1. The quantitative estimate of drug-likeness (QED) is 0.798. The predicted octanol–water partition coefficient (Wildman–Crippen LogP) is 1.81. The first kappa shape index (κ1) is 10.1. The largest absolute Gasteiger partial charge is 0.379 e. The molecule has 1 saturated heterocycles. The van der Waals surface area contributed by atoms with Crippen LogP contribution in [-0.4, -0.2) is 34.5 Å². The van der Waals surface area contributed by atoms with Crippen molar-refractivity contribution < 1.29 is 4.74 Å². The van der Waals surface area contributed by atoms with E-state index in [1.54, 1.807) is 0 Å². The zero-order valence-corrected chi connectivity index (χ0v) is 9.51. The van der Waals surface area contributed by atoms with Crippen molar-refractivity contribution >= 4 is 29.1 Å². The van der Waals surface area contributed by atoms with E-state index < -0.39 is 0 Å². The van der Waals surface area contributed by atoms with Crippen LogP contribution in [0.5, 0.6) is 0 Å². The molecule has 0 amide bonds. The lowest BCUT2D eigenvalue weighted by molar-refractivity contribution is 0.193. The Hall–Kier alpha value is -0.390. The number of nitrogens with zero attached hydrogens (tertiary/aromatic N) is 3. The van der Waals surface area contributed by atoms with Crippen molar-refractivity contribution in [2.75, 3.05) is 24.7 Å². The van der Waals surface area contributed by atoms with Gasteiger partial charge in [0.15, 0.2) is 11.0 Å². The van der Waals surface area contributed by atoms with E-state index in [1.165, 1.54) is 0 Å². The topological polar surface area (TPSA) is 38.2 Å². The molecule has 78 valence electrons. The van der Waals surface area contributed by atoms with Crippen LogP contribution in [0.15, 0.2) is 0 Å². The highest BCUT2D eigenvalue weighted by Crippen LogP contribution is 2.26. The molecule has 0 spiro atoms. The molecule has 2 rings (SSSR count). The lowest BCUT2D eigenvalue weighted by Crippen LogP contribution is -2.35. The van der Waals surface area contributed by atoms with Crippen LogP contribution in [0.25, 0.3) is 0 Å². The highest BCUT2D eigenvalue weighted by atomic mass is 35.5. The minimum Gasteiger partial charge on any atom is -0.379 e. The fourth-order valence-corrected chi connectivity index (χ4v) is 2.45.